The Balaban J connectivity index is 1.54. The highest BCUT2D eigenvalue weighted by Crippen LogP contribution is 2.22. The Labute approximate surface area is 150 Å². The van der Waals surface area contributed by atoms with E-state index < -0.39 is 0 Å². The lowest BCUT2D eigenvalue weighted by molar-refractivity contribution is 0.134. The summed E-state index contributed by atoms with van der Waals surface area (Å²) < 4.78 is 0. The second kappa shape index (κ2) is 8.56. The molecule has 1 aromatic heterocycles. The first kappa shape index (κ1) is 18.1. The van der Waals surface area contributed by atoms with Crippen molar-refractivity contribution in [1.29, 1.82) is 0 Å². The van der Waals surface area contributed by atoms with Crippen LogP contribution in [0.15, 0.2) is 48.7 Å². The molecule has 3 rings (SSSR count). The van der Waals surface area contributed by atoms with Gasteiger partial charge in [0.1, 0.15) is 0 Å². The Morgan fingerprint density at radius 2 is 2.16 bits per heavy atom. The summed E-state index contributed by atoms with van der Waals surface area (Å²) in [7, 11) is 0. The van der Waals surface area contributed by atoms with Crippen molar-refractivity contribution < 1.29 is 5.11 Å². The maximum Gasteiger partial charge on any atom is 0.0681 e. The molecule has 1 saturated heterocycles. The Kier molecular flexibility index (Phi) is 6.19. The number of rotatable bonds is 6. The second-order valence-corrected chi connectivity index (χ2v) is 7.22. The topological polar surface area (TPSA) is 48.4 Å². The zero-order valence-electron chi connectivity index (χ0n) is 15.2. The van der Waals surface area contributed by atoms with Gasteiger partial charge in [0.15, 0.2) is 0 Å². The normalized spacial score (nSPS) is 22.7. The average molecular weight is 339 g/mol. The van der Waals surface area contributed by atoms with Crippen molar-refractivity contribution >= 4 is 0 Å². The number of aliphatic hydroxyl groups excluding tert-OH is 1. The van der Waals surface area contributed by atoms with Crippen molar-refractivity contribution in [3.8, 4) is 0 Å². The minimum Gasteiger partial charge on any atom is -0.392 e. The van der Waals surface area contributed by atoms with Crippen LogP contribution < -0.4 is 5.32 Å². The maximum absolute atomic E-state index is 9.33. The van der Waals surface area contributed by atoms with Gasteiger partial charge in [0, 0.05) is 37.9 Å². The first-order valence-electron chi connectivity index (χ1n) is 9.23. The van der Waals surface area contributed by atoms with Gasteiger partial charge < -0.3 is 10.4 Å². The second-order valence-electron chi connectivity index (χ2n) is 7.22. The molecule has 1 aliphatic heterocycles. The number of hydrogen-bond acceptors (Lipinski definition) is 4. The summed E-state index contributed by atoms with van der Waals surface area (Å²) in [4.78, 5) is 6.95. The fourth-order valence-corrected chi connectivity index (χ4v) is 3.72. The molecule has 4 heteroatoms. The molecule has 2 aromatic rings. The molecule has 1 fully saturated rings. The number of piperidine rings is 1. The predicted molar refractivity (Wildman–Crippen MR) is 101 cm³/mol. The molecule has 1 aromatic carbocycles. The summed E-state index contributed by atoms with van der Waals surface area (Å²) in [5, 5.41) is 13.1. The Bertz CT molecular complexity index is 661. The third kappa shape index (κ3) is 4.88. The average Bonchev–Trinajstić information content (AvgIpc) is 2.65. The first-order chi connectivity index (χ1) is 12.2. The van der Waals surface area contributed by atoms with E-state index in [0.717, 1.165) is 37.3 Å². The van der Waals surface area contributed by atoms with E-state index in [1.807, 2.05) is 24.4 Å². The number of likely N-dealkylation sites (tertiary alicyclic amines) is 1. The monoisotopic (exact) mass is 339 g/mol. The summed E-state index contributed by atoms with van der Waals surface area (Å²) in [6.07, 6.45) is 3.02. The van der Waals surface area contributed by atoms with E-state index in [9.17, 15) is 5.11 Å². The van der Waals surface area contributed by atoms with Crippen LogP contribution in [-0.2, 0) is 13.2 Å². The molecule has 1 aliphatic rings. The molecule has 2 heterocycles. The Morgan fingerprint density at radius 3 is 2.88 bits per heavy atom. The number of benzene rings is 1. The van der Waals surface area contributed by atoms with Gasteiger partial charge in [-0.05, 0) is 42.5 Å². The third-order valence-electron chi connectivity index (χ3n) is 5.20. The van der Waals surface area contributed by atoms with Crippen molar-refractivity contribution in [2.24, 2.45) is 5.92 Å². The number of aliphatic hydroxyl groups is 1. The van der Waals surface area contributed by atoms with Gasteiger partial charge in [-0.2, -0.15) is 0 Å². The molecule has 4 nitrogen and oxygen atoms in total. The number of nitrogens with one attached hydrogen (secondary N) is 1. The highest BCUT2D eigenvalue weighted by atomic mass is 16.3. The fourth-order valence-electron chi connectivity index (χ4n) is 3.72. The zero-order valence-corrected chi connectivity index (χ0v) is 15.2. The van der Waals surface area contributed by atoms with Crippen LogP contribution in [0.1, 0.15) is 43.1 Å². The Morgan fingerprint density at radius 1 is 1.28 bits per heavy atom. The van der Waals surface area contributed by atoms with Gasteiger partial charge in [-0.25, -0.2) is 0 Å². The maximum atomic E-state index is 9.33. The van der Waals surface area contributed by atoms with E-state index in [1.54, 1.807) is 0 Å². The van der Waals surface area contributed by atoms with Gasteiger partial charge in [-0.3, -0.25) is 9.88 Å². The van der Waals surface area contributed by atoms with Crippen LogP contribution in [0.4, 0.5) is 0 Å². The van der Waals surface area contributed by atoms with Crippen LogP contribution in [0.3, 0.4) is 0 Å². The first-order valence-corrected chi connectivity index (χ1v) is 9.23. The zero-order chi connectivity index (χ0) is 17.6. The van der Waals surface area contributed by atoms with Crippen LogP contribution in [0.2, 0.25) is 0 Å². The highest BCUT2D eigenvalue weighted by Gasteiger charge is 2.27. The minimum absolute atomic E-state index is 0.100. The molecule has 0 amide bonds. The molecule has 0 aliphatic carbocycles. The van der Waals surface area contributed by atoms with E-state index in [-0.39, 0.29) is 6.61 Å². The van der Waals surface area contributed by atoms with Crippen LogP contribution in [0.25, 0.3) is 0 Å². The lowest BCUT2D eigenvalue weighted by Crippen LogP contribution is -2.48. The van der Waals surface area contributed by atoms with Crippen molar-refractivity contribution in [1.82, 2.24) is 15.2 Å². The number of pyridine rings is 1. The Hall–Kier alpha value is -1.75. The van der Waals surface area contributed by atoms with Crippen molar-refractivity contribution in [2.45, 2.75) is 45.5 Å². The van der Waals surface area contributed by atoms with Crippen molar-refractivity contribution in [3.63, 3.8) is 0 Å². The summed E-state index contributed by atoms with van der Waals surface area (Å²) in [6, 6.07) is 15.2. The van der Waals surface area contributed by atoms with Crippen LogP contribution >= 0.6 is 0 Å². The van der Waals surface area contributed by atoms with Crippen LogP contribution in [-0.4, -0.2) is 34.1 Å². The number of aromatic nitrogens is 1. The summed E-state index contributed by atoms with van der Waals surface area (Å²) >= 11 is 0. The van der Waals surface area contributed by atoms with Crippen LogP contribution in [0, 0.1) is 5.92 Å². The molecule has 3 atom stereocenters. The minimum atomic E-state index is 0.100. The lowest BCUT2D eigenvalue weighted by atomic mass is 9.92. The van der Waals surface area contributed by atoms with Gasteiger partial charge in [0.25, 0.3) is 0 Å². The van der Waals surface area contributed by atoms with Gasteiger partial charge in [0.05, 0.1) is 12.3 Å². The van der Waals surface area contributed by atoms with E-state index >= 15 is 0 Å². The molecule has 0 bridgehead atoms. The summed E-state index contributed by atoms with van der Waals surface area (Å²) in [5.74, 6) is 0.598. The molecule has 0 spiro atoms. The standard InChI is InChI=1S/C21H29N3O/c1-16-13-24(14-20-8-3-4-10-22-20)11-9-21(16)23-17(2)19-7-5-6-18(12-19)15-25/h3-8,10,12,16-17,21,23,25H,9,11,13-15H2,1-2H3. The number of nitrogens with zero attached hydrogens (tertiary/aromatic N) is 2. The van der Waals surface area contributed by atoms with E-state index in [2.05, 4.69) is 53.3 Å². The smallest absolute Gasteiger partial charge is 0.0681 e. The summed E-state index contributed by atoms with van der Waals surface area (Å²) in [5.41, 5.74) is 3.37. The quantitative estimate of drug-likeness (QED) is 0.849. The van der Waals surface area contributed by atoms with Crippen molar-refractivity contribution in [2.75, 3.05) is 13.1 Å². The molecule has 25 heavy (non-hydrogen) atoms. The molecule has 0 saturated carbocycles. The fraction of sp³-hybridized carbons (Fsp3) is 0.476. The molecule has 0 radical (unpaired) electrons. The van der Waals surface area contributed by atoms with E-state index in [1.165, 1.54) is 5.56 Å². The largest absolute Gasteiger partial charge is 0.392 e. The van der Waals surface area contributed by atoms with Gasteiger partial charge in [-0.1, -0.05) is 37.3 Å². The van der Waals surface area contributed by atoms with Gasteiger partial charge in [0.2, 0.25) is 0 Å². The predicted octanol–water partition coefficient (Wildman–Crippen LogP) is 3.14. The number of hydrogen-bond donors (Lipinski definition) is 2. The third-order valence-corrected chi connectivity index (χ3v) is 5.20. The molecular formula is C21H29N3O. The molecule has 134 valence electrons. The SMILES string of the molecule is CC(NC1CCN(Cc2ccccn2)CC1C)c1cccc(CO)c1. The van der Waals surface area contributed by atoms with E-state index in [0.29, 0.717) is 18.0 Å². The molecular weight excluding hydrogens is 310 g/mol. The van der Waals surface area contributed by atoms with Crippen molar-refractivity contribution in [3.05, 3.63) is 65.5 Å². The van der Waals surface area contributed by atoms with Gasteiger partial charge >= 0.3 is 0 Å². The lowest BCUT2D eigenvalue weighted by Gasteiger charge is -2.38. The molecule has 3 unspecified atom stereocenters. The van der Waals surface area contributed by atoms with E-state index in [4.69, 9.17) is 0 Å². The summed E-state index contributed by atoms with van der Waals surface area (Å²) in [6.45, 7) is 7.77. The highest BCUT2D eigenvalue weighted by molar-refractivity contribution is 5.25. The van der Waals surface area contributed by atoms with Crippen LogP contribution in [0.5, 0.6) is 0 Å². The molecule has 2 N–H and O–H groups in total. The van der Waals surface area contributed by atoms with Gasteiger partial charge in [-0.15, -0.1) is 0 Å².